The Hall–Kier alpha value is -3.45. The molecule has 7 heteroatoms. The fraction of sp³-hybridized carbons (Fsp3) is 0.136. The second-order valence-electron chi connectivity index (χ2n) is 6.02. The van der Waals surface area contributed by atoms with Crippen LogP contribution in [0.5, 0.6) is 5.75 Å². The minimum Gasteiger partial charge on any atom is -0.494 e. The average molecular weight is 407 g/mol. The summed E-state index contributed by atoms with van der Waals surface area (Å²) in [7, 11) is 0. The van der Waals surface area contributed by atoms with Gasteiger partial charge < -0.3 is 10.1 Å². The normalized spacial score (nSPS) is 10.7. The van der Waals surface area contributed by atoms with E-state index in [-0.39, 0.29) is 11.8 Å². The largest absolute Gasteiger partial charge is 0.494 e. The minimum atomic E-state index is -0.268. The van der Waals surface area contributed by atoms with E-state index in [4.69, 9.17) is 4.74 Å². The van der Waals surface area contributed by atoms with E-state index in [0.717, 1.165) is 11.4 Å². The van der Waals surface area contributed by atoms with E-state index in [2.05, 4.69) is 10.3 Å². The first kappa shape index (κ1) is 20.3. The molecule has 0 bridgehead atoms. The van der Waals surface area contributed by atoms with Crippen LogP contribution in [0, 0.1) is 0 Å². The number of anilines is 3. The van der Waals surface area contributed by atoms with Crippen molar-refractivity contribution < 1.29 is 14.3 Å². The molecule has 2 amide bonds. The van der Waals surface area contributed by atoms with E-state index in [9.17, 15) is 9.59 Å². The third kappa shape index (κ3) is 5.52. The summed E-state index contributed by atoms with van der Waals surface area (Å²) in [5.74, 6) is 0.356. The van der Waals surface area contributed by atoms with Crippen molar-refractivity contribution in [2.45, 2.75) is 13.8 Å². The van der Waals surface area contributed by atoms with E-state index in [0.29, 0.717) is 23.1 Å². The molecular formula is C22H21N3O3S. The predicted molar refractivity (Wildman–Crippen MR) is 117 cm³/mol. The van der Waals surface area contributed by atoms with E-state index < -0.39 is 0 Å². The smallest absolute Gasteiger partial charge is 0.248 e. The molecule has 29 heavy (non-hydrogen) atoms. The second-order valence-corrected chi connectivity index (χ2v) is 6.86. The average Bonchev–Trinajstić information content (AvgIpc) is 3.17. The zero-order chi connectivity index (χ0) is 20.6. The van der Waals surface area contributed by atoms with Crippen LogP contribution in [-0.4, -0.2) is 23.4 Å². The number of ether oxygens (including phenoxy) is 1. The number of nitrogens with zero attached hydrogens (tertiary/aromatic N) is 2. The molecule has 1 N–H and O–H groups in total. The second kappa shape index (κ2) is 9.66. The summed E-state index contributed by atoms with van der Waals surface area (Å²) >= 11 is 1.34. The number of carbonyl (C=O) groups excluding carboxylic acids is 2. The molecule has 0 aliphatic rings. The van der Waals surface area contributed by atoms with Gasteiger partial charge in [-0.05, 0) is 49.4 Å². The van der Waals surface area contributed by atoms with Crippen molar-refractivity contribution in [3.63, 3.8) is 0 Å². The zero-order valence-electron chi connectivity index (χ0n) is 16.2. The number of rotatable bonds is 7. The van der Waals surface area contributed by atoms with Gasteiger partial charge in [0, 0.05) is 24.1 Å². The zero-order valence-corrected chi connectivity index (χ0v) is 17.0. The quantitative estimate of drug-likeness (QED) is 0.567. The van der Waals surface area contributed by atoms with E-state index in [1.54, 1.807) is 40.6 Å². The van der Waals surface area contributed by atoms with Crippen LogP contribution in [0.1, 0.15) is 19.5 Å². The van der Waals surface area contributed by atoms with Crippen LogP contribution in [0.25, 0.3) is 6.08 Å². The van der Waals surface area contributed by atoms with E-state index >= 15 is 0 Å². The van der Waals surface area contributed by atoms with Gasteiger partial charge in [0.05, 0.1) is 18.0 Å². The van der Waals surface area contributed by atoms with Crippen molar-refractivity contribution in [1.29, 1.82) is 0 Å². The lowest BCUT2D eigenvalue weighted by molar-refractivity contribution is -0.116. The first-order valence-corrected chi connectivity index (χ1v) is 9.98. The number of para-hydroxylation sites is 1. The summed E-state index contributed by atoms with van der Waals surface area (Å²) in [4.78, 5) is 30.2. The molecule has 3 aromatic rings. The lowest BCUT2D eigenvalue weighted by Gasteiger charge is -2.17. The highest BCUT2D eigenvalue weighted by Crippen LogP contribution is 2.29. The third-order valence-electron chi connectivity index (χ3n) is 3.87. The van der Waals surface area contributed by atoms with Gasteiger partial charge in [-0.2, -0.15) is 0 Å². The van der Waals surface area contributed by atoms with Crippen molar-refractivity contribution >= 4 is 45.7 Å². The number of aromatic nitrogens is 1. The minimum absolute atomic E-state index is 0.130. The molecule has 0 atom stereocenters. The van der Waals surface area contributed by atoms with Crippen LogP contribution in [0.4, 0.5) is 16.5 Å². The fourth-order valence-corrected chi connectivity index (χ4v) is 3.46. The lowest BCUT2D eigenvalue weighted by atomic mass is 10.3. The third-order valence-corrected chi connectivity index (χ3v) is 4.71. The number of hydrogen-bond donors (Lipinski definition) is 1. The highest BCUT2D eigenvalue weighted by molar-refractivity contribution is 7.14. The molecule has 0 fully saturated rings. The van der Waals surface area contributed by atoms with Crippen molar-refractivity contribution in [2.24, 2.45) is 0 Å². The Bertz CT molecular complexity index is 998. The molecule has 0 spiro atoms. The number of amides is 2. The molecule has 148 valence electrons. The van der Waals surface area contributed by atoms with Crippen molar-refractivity contribution in [1.82, 2.24) is 4.98 Å². The van der Waals surface area contributed by atoms with Crippen LogP contribution in [0.15, 0.2) is 66.1 Å². The van der Waals surface area contributed by atoms with Crippen LogP contribution in [0.2, 0.25) is 0 Å². The highest BCUT2D eigenvalue weighted by atomic mass is 32.1. The van der Waals surface area contributed by atoms with Gasteiger partial charge in [-0.1, -0.05) is 18.2 Å². The Morgan fingerprint density at radius 2 is 1.86 bits per heavy atom. The SMILES string of the molecule is CCOc1ccc(NC(=O)C=Cc2csc(N(C(C)=O)c3ccccc3)n2)cc1. The van der Waals surface area contributed by atoms with Crippen LogP contribution < -0.4 is 15.0 Å². The Balaban J connectivity index is 1.66. The molecular weight excluding hydrogens is 386 g/mol. The van der Waals surface area contributed by atoms with Gasteiger partial charge >= 0.3 is 0 Å². The van der Waals surface area contributed by atoms with Gasteiger partial charge in [0.2, 0.25) is 11.8 Å². The predicted octanol–water partition coefficient (Wildman–Crippen LogP) is 4.88. The summed E-state index contributed by atoms with van der Waals surface area (Å²) in [5.41, 5.74) is 2.03. The number of nitrogens with one attached hydrogen (secondary N) is 1. The maximum atomic E-state index is 12.1. The maximum absolute atomic E-state index is 12.1. The molecule has 0 aliphatic carbocycles. The van der Waals surface area contributed by atoms with Gasteiger partial charge in [-0.25, -0.2) is 4.98 Å². The van der Waals surface area contributed by atoms with Crippen LogP contribution >= 0.6 is 11.3 Å². The molecule has 0 radical (unpaired) electrons. The molecule has 3 rings (SSSR count). The first-order chi connectivity index (χ1) is 14.1. The van der Waals surface area contributed by atoms with Gasteiger partial charge in [-0.15, -0.1) is 11.3 Å². The summed E-state index contributed by atoms with van der Waals surface area (Å²) < 4.78 is 5.38. The Labute approximate surface area is 173 Å². The Morgan fingerprint density at radius 1 is 1.14 bits per heavy atom. The molecule has 0 aliphatic heterocycles. The first-order valence-electron chi connectivity index (χ1n) is 9.10. The van der Waals surface area contributed by atoms with E-state index in [1.807, 2.05) is 37.3 Å². The molecule has 0 unspecified atom stereocenters. The summed E-state index contributed by atoms with van der Waals surface area (Å²) in [6, 6.07) is 16.5. The molecule has 6 nitrogen and oxygen atoms in total. The monoisotopic (exact) mass is 407 g/mol. The summed E-state index contributed by atoms with van der Waals surface area (Å²) in [6.07, 6.45) is 3.03. The van der Waals surface area contributed by atoms with E-state index in [1.165, 1.54) is 24.3 Å². The number of benzene rings is 2. The van der Waals surface area contributed by atoms with Crippen molar-refractivity contribution in [3.05, 3.63) is 71.7 Å². The Kier molecular flexibility index (Phi) is 6.76. The summed E-state index contributed by atoms with van der Waals surface area (Å²) in [5, 5.41) is 5.14. The Morgan fingerprint density at radius 3 is 2.52 bits per heavy atom. The van der Waals surface area contributed by atoms with Crippen molar-refractivity contribution in [2.75, 3.05) is 16.8 Å². The molecule has 0 saturated heterocycles. The fourth-order valence-electron chi connectivity index (χ4n) is 2.61. The molecule has 1 heterocycles. The topological polar surface area (TPSA) is 71.5 Å². The number of thiazole rings is 1. The molecule has 1 aromatic heterocycles. The molecule has 2 aromatic carbocycles. The number of hydrogen-bond acceptors (Lipinski definition) is 5. The van der Waals surface area contributed by atoms with Crippen LogP contribution in [-0.2, 0) is 9.59 Å². The standard InChI is InChI=1S/C22H21N3O3S/c1-3-28-20-12-9-17(10-13-20)23-21(27)14-11-18-15-29-22(24-18)25(16(2)26)19-7-5-4-6-8-19/h4-15H,3H2,1-2H3,(H,23,27). The lowest BCUT2D eigenvalue weighted by Crippen LogP contribution is -2.22. The summed E-state index contributed by atoms with van der Waals surface area (Å²) in [6.45, 7) is 4.00. The van der Waals surface area contributed by atoms with Gasteiger partial charge in [-0.3, -0.25) is 14.5 Å². The van der Waals surface area contributed by atoms with Gasteiger partial charge in [0.1, 0.15) is 5.75 Å². The van der Waals surface area contributed by atoms with Crippen molar-refractivity contribution in [3.8, 4) is 5.75 Å². The highest BCUT2D eigenvalue weighted by Gasteiger charge is 2.17. The van der Waals surface area contributed by atoms with Crippen LogP contribution in [0.3, 0.4) is 0 Å². The molecule has 0 saturated carbocycles. The van der Waals surface area contributed by atoms with Gasteiger partial charge in [0.15, 0.2) is 5.13 Å². The maximum Gasteiger partial charge on any atom is 0.248 e. The van der Waals surface area contributed by atoms with Gasteiger partial charge in [0.25, 0.3) is 0 Å². The number of carbonyl (C=O) groups is 2.